The highest BCUT2D eigenvalue weighted by Gasteiger charge is 2.13. The predicted molar refractivity (Wildman–Crippen MR) is 59.4 cm³/mol. The van der Waals surface area contributed by atoms with E-state index in [9.17, 15) is 0 Å². The van der Waals surface area contributed by atoms with Crippen LogP contribution in [0, 0.1) is 0 Å². The Bertz CT molecular complexity index is 217. The van der Waals surface area contributed by atoms with Gasteiger partial charge in [0.15, 0.2) is 0 Å². The molecule has 0 N–H and O–H groups in total. The second kappa shape index (κ2) is 4.80. The summed E-state index contributed by atoms with van der Waals surface area (Å²) >= 11 is 1.95. The molecular formula is C12H18S. The van der Waals surface area contributed by atoms with Gasteiger partial charge in [0.2, 0.25) is 0 Å². The van der Waals surface area contributed by atoms with Crippen LogP contribution >= 0.6 is 11.3 Å². The van der Waals surface area contributed by atoms with Crippen molar-refractivity contribution >= 4 is 11.3 Å². The lowest BCUT2D eigenvalue weighted by Crippen LogP contribution is -1.99. The first-order valence-corrected chi connectivity index (χ1v) is 6.38. The average Bonchev–Trinajstić information content (AvgIpc) is 2.55. The summed E-state index contributed by atoms with van der Waals surface area (Å²) in [4.78, 5) is 1.63. The largest absolute Gasteiger partial charge is 0.149 e. The van der Waals surface area contributed by atoms with E-state index in [1.54, 1.807) is 4.88 Å². The molecular weight excluding hydrogens is 176 g/mol. The molecule has 0 radical (unpaired) electrons. The molecule has 1 fully saturated rings. The average molecular weight is 194 g/mol. The minimum atomic E-state index is 0.889. The number of rotatable bonds is 1. The fourth-order valence-corrected chi connectivity index (χ4v) is 3.16. The van der Waals surface area contributed by atoms with Crippen molar-refractivity contribution in [1.82, 2.24) is 0 Å². The number of thiophene rings is 1. The summed E-state index contributed by atoms with van der Waals surface area (Å²) in [5.41, 5.74) is 0. The Kier molecular flexibility index (Phi) is 3.42. The molecule has 0 spiro atoms. The Hall–Kier alpha value is -0.300. The highest BCUT2D eigenvalue weighted by molar-refractivity contribution is 7.10. The normalized spacial score (nSPS) is 20.9. The van der Waals surface area contributed by atoms with E-state index in [-0.39, 0.29) is 0 Å². The molecule has 0 nitrogen and oxygen atoms in total. The second-order valence-electron chi connectivity index (χ2n) is 4.06. The van der Waals surface area contributed by atoms with E-state index < -0.39 is 0 Å². The van der Waals surface area contributed by atoms with Crippen LogP contribution in [-0.4, -0.2) is 0 Å². The molecule has 13 heavy (non-hydrogen) atoms. The molecule has 2 rings (SSSR count). The zero-order valence-corrected chi connectivity index (χ0v) is 8.98. The summed E-state index contributed by atoms with van der Waals surface area (Å²) in [5.74, 6) is 0.889. The SMILES string of the molecule is c1csc(C2CCCCCCC2)c1. The van der Waals surface area contributed by atoms with Gasteiger partial charge in [-0.05, 0) is 30.2 Å². The van der Waals surface area contributed by atoms with Gasteiger partial charge in [-0.3, -0.25) is 0 Å². The van der Waals surface area contributed by atoms with E-state index in [4.69, 9.17) is 0 Å². The monoisotopic (exact) mass is 194 g/mol. The molecule has 0 amide bonds. The van der Waals surface area contributed by atoms with Crippen molar-refractivity contribution in [3.05, 3.63) is 22.4 Å². The zero-order chi connectivity index (χ0) is 8.93. The van der Waals surface area contributed by atoms with Crippen molar-refractivity contribution in [2.24, 2.45) is 0 Å². The smallest absolute Gasteiger partial charge is 0.00761 e. The van der Waals surface area contributed by atoms with Crippen molar-refractivity contribution in [3.63, 3.8) is 0 Å². The number of hydrogen-bond donors (Lipinski definition) is 0. The van der Waals surface area contributed by atoms with E-state index in [1.807, 2.05) is 11.3 Å². The lowest BCUT2D eigenvalue weighted by Gasteiger charge is -2.17. The van der Waals surface area contributed by atoms with E-state index in [0.29, 0.717) is 0 Å². The maximum atomic E-state index is 2.32. The third-order valence-electron chi connectivity index (χ3n) is 3.05. The molecule has 1 aromatic rings. The third kappa shape index (κ3) is 2.57. The van der Waals surface area contributed by atoms with Gasteiger partial charge in [-0.25, -0.2) is 0 Å². The maximum absolute atomic E-state index is 2.32. The van der Waals surface area contributed by atoms with Gasteiger partial charge in [0.25, 0.3) is 0 Å². The first-order valence-electron chi connectivity index (χ1n) is 5.50. The predicted octanol–water partition coefficient (Wildman–Crippen LogP) is 4.58. The quantitative estimate of drug-likeness (QED) is 0.614. The maximum Gasteiger partial charge on any atom is 0.00761 e. The highest BCUT2D eigenvalue weighted by Crippen LogP contribution is 2.33. The van der Waals surface area contributed by atoms with E-state index in [0.717, 1.165) is 5.92 Å². The number of hydrogen-bond acceptors (Lipinski definition) is 1. The first-order chi connectivity index (χ1) is 6.47. The van der Waals surface area contributed by atoms with Gasteiger partial charge >= 0.3 is 0 Å². The molecule has 0 unspecified atom stereocenters. The minimum absolute atomic E-state index is 0.889. The van der Waals surface area contributed by atoms with Gasteiger partial charge in [-0.15, -0.1) is 11.3 Å². The van der Waals surface area contributed by atoms with E-state index in [1.165, 1.54) is 44.9 Å². The van der Waals surface area contributed by atoms with Crippen LogP contribution in [0.15, 0.2) is 17.5 Å². The standard InChI is InChI=1S/C12H18S/c1-2-4-7-11(8-5-3-1)12-9-6-10-13-12/h6,9-11H,1-5,7-8H2. The lowest BCUT2D eigenvalue weighted by atomic mass is 9.90. The first kappa shape index (κ1) is 9.26. The van der Waals surface area contributed by atoms with Crippen LogP contribution in [0.2, 0.25) is 0 Å². The molecule has 1 heterocycles. The molecule has 1 aliphatic rings. The van der Waals surface area contributed by atoms with Crippen LogP contribution in [0.1, 0.15) is 55.7 Å². The molecule has 0 saturated heterocycles. The lowest BCUT2D eigenvalue weighted by molar-refractivity contribution is 0.459. The Morgan fingerprint density at radius 2 is 1.69 bits per heavy atom. The topological polar surface area (TPSA) is 0 Å². The fourth-order valence-electron chi connectivity index (χ4n) is 2.26. The molecule has 1 aromatic heterocycles. The van der Waals surface area contributed by atoms with Crippen LogP contribution in [0.3, 0.4) is 0 Å². The molecule has 1 saturated carbocycles. The van der Waals surface area contributed by atoms with Gasteiger partial charge < -0.3 is 0 Å². The summed E-state index contributed by atoms with van der Waals surface area (Å²) < 4.78 is 0. The summed E-state index contributed by atoms with van der Waals surface area (Å²) in [6, 6.07) is 4.51. The van der Waals surface area contributed by atoms with E-state index >= 15 is 0 Å². The van der Waals surface area contributed by atoms with Crippen LogP contribution in [-0.2, 0) is 0 Å². The summed E-state index contributed by atoms with van der Waals surface area (Å²) in [7, 11) is 0. The third-order valence-corrected chi connectivity index (χ3v) is 4.09. The van der Waals surface area contributed by atoms with Crippen LogP contribution in [0.25, 0.3) is 0 Å². The fraction of sp³-hybridized carbons (Fsp3) is 0.667. The molecule has 1 aliphatic carbocycles. The molecule has 0 aliphatic heterocycles. The Balaban J connectivity index is 1.96. The Morgan fingerprint density at radius 3 is 2.31 bits per heavy atom. The van der Waals surface area contributed by atoms with Gasteiger partial charge in [0.05, 0.1) is 0 Å². The minimum Gasteiger partial charge on any atom is -0.149 e. The van der Waals surface area contributed by atoms with Gasteiger partial charge in [-0.1, -0.05) is 38.2 Å². The second-order valence-corrected chi connectivity index (χ2v) is 5.04. The Morgan fingerprint density at radius 1 is 1.00 bits per heavy atom. The van der Waals surface area contributed by atoms with Crippen LogP contribution in [0.4, 0.5) is 0 Å². The van der Waals surface area contributed by atoms with Gasteiger partial charge in [0.1, 0.15) is 0 Å². The molecule has 72 valence electrons. The molecule has 1 heteroatoms. The van der Waals surface area contributed by atoms with Crippen LogP contribution in [0.5, 0.6) is 0 Å². The summed E-state index contributed by atoms with van der Waals surface area (Å²) in [5, 5.41) is 2.22. The molecule has 0 aromatic carbocycles. The van der Waals surface area contributed by atoms with Crippen molar-refractivity contribution < 1.29 is 0 Å². The van der Waals surface area contributed by atoms with Gasteiger partial charge in [0, 0.05) is 4.88 Å². The Labute approximate surface area is 85.0 Å². The zero-order valence-electron chi connectivity index (χ0n) is 8.17. The van der Waals surface area contributed by atoms with Crippen molar-refractivity contribution in [2.45, 2.75) is 50.9 Å². The summed E-state index contributed by atoms with van der Waals surface area (Å²) in [6.45, 7) is 0. The highest BCUT2D eigenvalue weighted by atomic mass is 32.1. The van der Waals surface area contributed by atoms with Crippen molar-refractivity contribution in [1.29, 1.82) is 0 Å². The van der Waals surface area contributed by atoms with Gasteiger partial charge in [-0.2, -0.15) is 0 Å². The molecule has 0 bridgehead atoms. The summed E-state index contributed by atoms with van der Waals surface area (Å²) in [6.07, 6.45) is 10.1. The van der Waals surface area contributed by atoms with Crippen LogP contribution < -0.4 is 0 Å². The van der Waals surface area contributed by atoms with Crippen molar-refractivity contribution in [2.75, 3.05) is 0 Å². The van der Waals surface area contributed by atoms with Crippen molar-refractivity contribution in [3.8, 4) is 0 Å². The molecule has 0 atom stereocenters. The van der Waals surface area contributed by atoms with E-state index in [2.05, 4.69) is 17.5 Å².